The van der Waals surface area contributed by atoms with Crippen LogP contribution in [0.25, 0.3) is 0 Å². The van der Waals surface area contributed by atoms with Crippen LogP contribution < -0.4 is 0 Å². The van der Waals surface area contributed by atoms with Crippen LogP contribution in [0, 0.1) is 5.92 Å². The van der Waals surface area contributed by atoms with Crippen LogP contribution in [0.15, 0.2) is 0 Å². The maximum atomic E-state index is 12.9. The van der Waals surface area contributed by atoms with Crippen molar-refractivity contribution in [2.24, 2.45) is 5.92 Å². The fourth-order valence-electron chi connectivity index (χ4n) is 3.56. The number of amides is 2. The molecule has 0 aromatic heterocycles. The first-order valence-electron chi connectivity index (χ1n) is 8.15. The molecule has 0 aromatic rings. The average molecular weight is 280 g/mol. The highest BCUT2D eigenvalue weighted by atomic mass is 16.2. The molecule has 0 spiro atoms. The van der Waals surface area contributed by atoms with E-state index in [1.165, 1.54) is 0 Å². The number of carbonyl (C=O) groups is 2. The molecular weight excluding hydrogens is 252 g/mol. The van der Waals surface area contributed by atoms with E-state index in [-0.39, 0.29) is 29.9 Å². The second-order valence-corrected chi connectivity index (χ2v) is 6.34. The molecule has 0 radical (unpaired) electrons. The topological polar surface area (TPSA) is 40.6 Å². The highest BCUT2D eigenvalue weighted by molar-refractivity contribution is 5.97. The van der Waals surface area contributed by atoms with Crippen LogP contribution in [-0.2, 0) is 9.59 Å². The Morgan fingerprint density at radius 2 is 1.85 bits per heavy atom. The molecule has 0 aromatic carbocycles. The smallest absolute Gasteiger partial charge is 0.246 e. The number of hydrogen-bond donors (Lipinski definition) is 0. The summed E-state index contributed by atoms with van der Waals surface area (Å²) in [5.41, 5.74) is 0. The molecule has 4 unspecified atom stereocenters. The number of nitrogens with zero attached hydrogens (tertiary/aromatic N) is 2. The Morgan fingerprint density at radius 3 is 2.45 bits per heavy atom. The summed E-state index contributed by atoms with van der Waals surface area (Å²) in [5.74, 6) is 0.784. The largest absolute Gasteiger partial charge is 0.329 e. The summed E-state index contributed by atoms with van der Waals surface area (Å²) in [6, 6.07) is -0.295. The molecule has 0 N–H and O–H groups in total. The second kappa shape index (κ2) is 6.15. The fraction of sp³-hybridized carbons (Fsp3) is 0.875. The normalized spacial score (nSPS) is 30.2. The van der Waals surface area contributed by atoms with E-state index in [1.807, 2.05) is 16.7 Å². The molecule has 2 fully saturated rings. The van der Waals surface area contributed by atoms with Crippen LogP contribution in [0.1, 0.15) is 59.8 Å². The predicted molar refractivity (Wildman–Crippen MR) is 79.2 cm³/mol. The van der Waals surface area contributed by atoms with Crippen molar-refractivity contribution in [2.45, 2.75) is 77.9 Å². The summed E-state index contributed by atoms with van der Waals surface area (Å²) < 4.78 is 0. The van der Waals surface area contributed by atoms with Crippen LogP contribution in [0.3, 0.4) is 0 Å². The second-order valence-electron chi connectivity index (χ2n) is 6.34. The number of hydrogen-bond acceptors (Lipinski definition) is 2. The van der Waals surface area contributed by atoms with Crippen molar-refractivity contribution in [3.8, 4) is 0 Å². The van der Waals surface area contributed by atoms with Gasteiger partial charge in [0.05, 0.1) is 0 Å². The number of fused-ring (bicyclic) bond motifs is 1. The van der Waals surface area contributed by atoms with Gasteiger partial charge < -0.3 is 9.80 Å². The third-order valence-electron chi connectivity index (χ3n) is 5.24. The number of piperazine rings is 1. The Morgan fingerprint density at radius 1 is 1.15 bits per heavy atom. The lowest BCUT2D eigenvalue weighted by atomic mass is 9.90. The lowest BCUT2D eigenvalue weighted by molar-refractivity contribution is -0.167. The van der Waals surface area contributed by atoms with Gasteiger partial charge in [0.25, 0.3) is 0 Å². The van der Waals surface area contributed by atoms with Gasteiger partial charge in [0, 0.05) is 12.6 Å². The van der Waals surface area contributed by atoms with Crippen LogP contribution in [-0.4, -0.2) is 46.3 Å². The fourth-order valence-corrected chi connectivity index (χ4v) is 3.56. The van der Waals surface area contributed by atoms with Crippen LogP contribution in [0.2, 0.25) is 0 Å². The van der Waals surface area contributed by atoms with Gasteiger partial charge in [-0.1, -0.05) is 27.2 Å². The molecule has 2 aliphatic rings. The standard InChI is InChI=1S/C16H28N2O2/c1-5-11(3)12(4)18-13(6-2)15(19)17-10-8-7-9-14(17)16(18)20/h11-14H,5-10H2,1-4H3. The molecule has 0 saturated carbocycles. The Hall–Kier alpha value is -1.06. The molecule has 0 aliphatic carbocycles. The van der Waals surface area contributed by atoms with E-state index in [2.05, 4.69) is 20.8 Å². The van der Waals surface area contributed by atoms with E-state index < -0.39 is 0 Å². The van der Waals surface area contributed by atoms with Crippen molar-refractivity contribution in [2.75, 3.05) is 6.54 Å². The minimum absolute atomic E-state index is 0.144. The van der Waals surface area contributed by atoms with E-state index in [0.717, 1.165) is 32.2 Å². The van der Waals surface area contributed by atoms with Gasteiger partial charge in [-0.25, -0.2) is 0 Å². The zero-order chi connectivity index (χ0) is 14.9. The third-order valence-corrected chi connectivity index (χ3v) is 5.24. The lowest BCUT2D eigenvalue weighted by Crippen LogP contribution is -2.67. The lowest BCUT2D eigenvalue weighted by Gasteiger charge is -2.49. The molecule has 0 bridgehead atoms. The van der Waals surface area contributed by atoms with E-state index in [4.69, 9.17) is 0 Å². The zero-order valence-electron chi connectivity index (χ0n) is 13.3. The van der Waals surface area contributed by atoms with E-state index >= 15 is 0 Å². The van der Waals surface area contributed by atoms with Gasteiger partial charge in [0.15, 0.2) is 0 Å². The molecule has 2 rings (SSSR count). The van der Waals surface area contributed by atoms with Crippen molar-refractivity contribution in [3.63, 3.8) is 0 Å². The van der Waals surface area contributed by atoms with Crippen molar-refractivity contribution in [3.05, 3.63) is 0 Å². The average Bonchev–Trinajstić information content (AvgIpc) is 2.49. The van der Waals surface area contributed by atoms with Crippen molar-refractivity contribution >= 4 is 11.8 Å². The van der Waals surface area contributed by atoms with Gasteiger partial charge in [0.2, 0.25) is 11.8 Å². The first kappa shape index (κ1) is 15.3. The Kier molecular flexibility index (Phi) is 4.71. The molecular formula is C16H28N2O2. The summed E-state index contributed by atoms with van der Waals surface area (Å²) in [6.07, 6.45) is 4.68. The van der Waals surface area contributed by atoms with Crippen molar-refractivity contribution in [1.82, 2.24) is 9.80 Å². The minimum Gasteiger partial charge on any atom is -0.329 e. The van der Waals surface area contributed by atoms with E-state index in [0.29, 0.717) is 12.3 Å². The van der Waals surface area contributed by atoms with Crippen molar-refractivity contribution in [1.29, 1.82) is 0 Å². The van der Waals surface area contributed by atoms with E-state index in [1.54, 1.807) is 0 Å². The molecule has 2 aliphatic heterocycles. The molecule has 2 amide bonds. The molecule has 2 heterocycles. The van der Waals surface area contributed by atoms with Crippen LogP contribution in [0.5, 0.6) is 0 Å². The Labute approximate surface area is 122 Å². The first-order chi connectivity index (χ1) is 9.52. The number of carbonyl (C=O) groups excluding carboxylic acids is 2. The highest BCUT2D eigenvalue weighted by Gasteiger charge is 2.47. The summed E-state index contributed by atoms with van der Waals surface area (Å²) in [7, 11) is 0. The number of rotatable bonds is 4. The Bertz CT molecular complexity index is 383. The molecule has 114 valence electrons. The predicted octanol–water partition coefficient (Wildman–Crippen LogP) is 2.42. The minimum atomic E-state index is -0.249. The summed E-state index contributed by atoms with van der Waals surface area (Å²) in [6.45, 7) is 9.18. The monoisotopic (exact) mass is 280 g/mol. The van der Waals surface area contributed by atoms with Gasteiger partial charge in [0.1, 0.15) is 12.1 Å². The van der Waals surface area contributed by atoms with Crippen molar-refractivity contribution < 1.29 is 9.59 Å². The molecule has 4 heteroatoms. The third kappa shape index (κ3) is 2.45. The molecule has 2 saturated heterocycles. The Balaban J connectivity index is 2.29. The number of piperidine rings is 1. The summed E-state index contributed by atoms with van der Waals surface area (Å²) in [4.78, 5) is 29.3. The summed E-state index contributed by atoms with van der Waals surface area (Å²) in [5, 5.41) is 0. The quantitative estimate of drug-likeness (QED) is 0.793. The SMILES string of the molecule is CCC(C)C(C)N1C(=O)C2CCCCN2C(=O)C1CC. The zero-order valence-corrected chi connectivity index (χ0v) is 13.3. The van der Waals surface area contributed by atoms with Gasteiger partial charge in [-0.3, -0.25) is 9.59 Å². The van der Waals surface area contributed by atoms with Gasteiger partial charge in [-0.2, -0.15) is 0 Å². The van der Waals surface area contributed by atoms with Gasteiger partial charge in [-0.05, 0) is 38.5 Å². The maximum Gasteiger partial charge on any atom is 0.246 e. The molecule has 4 atom stereocenters. The van der Waals surface area contributed by atoms with E-state index in [9.17, 15) is 9.59 Å². The van der Waals surface area contributed by atoms with Crippen LogP contribution >= 0.6 is 0 Å². The highest BCUT2D eigenvalue weighted by Crippen LogP contribution is 2.30. The van der Waals surface area contributed by atoms with Gasteiger partial charge >= 0.3 is 0 Å². The summed E-state index contributed by atoms with van der Waals surface area (Å²) >= 11 is 0. The van der Waals surface area contributed by atoms with Crippen LogP contribution in [0.4, 0.5) is 0 Å². The molecule has 20 heavy (non-hydrogen) atoms. The van der Waals surface area contributed by atoms with Gasteiger partial charge in [-0.15, -0.1) is 0 Å². The first-order valence-corrected chi connectivity index (χ1v) is 8.15. The molecule has 4 nitrogen and oxygen atoms in total. The maximum absolute atomic E-state index is 12.9.